The van der Waals surface area contributed by atoms with Crippen molar-refractivity contribution in [1.82, 2.24) is 4.98 Å². The summed E-state index contributed by atoms with van der Waals surface area (Å²) in [7, 11) is 0. The van der Waals surface area contributed by atoms with Crippen molar-refractivity contribution in [3.63, 3.8) is 0 Å². The molecule has 0 aliphatic rings. The Kier molecular flexibility index (Phi) is 5.47. The van der Waals surface area contributed by atoms with Crippen molar-refractivity contribution in [2.24, 2.45) is 5.41 Å². The molecule has 2 aromatic rings. The topological polar surface area (TPSA) is 59.4 Å². The van der Waals surface area contributed by atoms with E-state index in [1.165, 1.54) is 11.3 Å². The molecular formula is C17H20BrNO3S. The van der Waals surface area contributed by atoms with Gasteiger partial charge >= 0.3 is 0 Å². The Morgan fingerprint density at radius 2 is 2.13 bits per heavy atom. The maximum atomic E-state index is 11.7. The zero-order valence-corrected chi connectivity index (χ0v) is 16.0. The average molecular weight is 398 g/mol. The van der Waals surface area contributed by atoms with Gasteiger partial charge in [-0.25, -0.2) is 4.98 Å². The summed E-state index contributed by atoms with van der Waals surface area (Å²) in [5, 5.41) is 11.3. The summed E-state index contributed by atoms with van der Waals surface area (Å²) in [6, 6.07) is 3.66. The Hall–Kier alpha value is -1.40. The zero-order chi connectivity index (χ0) is 17.2. The van der Waals surface area contributed by atoms with Crippen molar-refractivity contribution < 1.29 is 14.6 Å². The lowest BCUT2D eigenvalue weighted by Crippen LogP contribution is -2.24. The highest BCUT2D eigenvalue weighted by Crippen LogP contribution is 2.35. The third-order valence-electron chi connectivity index (χ3n) is 3.93. The maximum absolute atomic E-state index is 11.7. The molecule has 0 fully saturated rings. The fourth-order valence-electron chi connectivity index (χ4n) is 2.13. The van der Waals surface area contributed by atoms with Crippen LogP contribution in [-0.2, 0) is 17.8 Å². The highest BCUT2D eigenvalue weighted by molar-refractivity contribution is 9.11. The smallest absolute Gasteiger partial charge is 0.140 e. The molecule has 0 amide bonds. The average Bonchev–Trinajstić information content (AvgIpc) is 2.88. The van der Waals surface area contributed by atoms with Crippen molar-refractivity contribution in [3.05, 3.63) is 38.3 Å². The molecule has 0 bridgehead atoms. The number of rotatable bonds is 6. The van der Waals surface area contributed by atoms with Gasteiger partial charge in [-0.2, -0.15) is 0 Å². The van der Waals surface area contributed by atoms with Gasteiger partial charge in [0, 0.05) is 11.0 Å². The zero-order valence-electron chi connectivity index (χ0n) is 13.6. The fourth-order valence-corrected chi connectivity index (χ4v) is 3.35. The van der Waals surface area contributed by atoms with Crippen LogP contribution in [0.25, 0.3) is 0 Å². The van der Waals surface area contributed by atoms with E-state index < -0.39 is 5.41 Å². The van der Waals surface area contributed by atoms with Crippen molar-refractivity contribution in [2.45, 2.75) is 40.7 Å². The minimum atomic E-state index is -0.501. The molecule has 0 saturated heterocycles. The molecule has 0 saturated carbocycles. The second kappa shape index (κ2) is 7.01. The van der Waals surface area contributed by atoms with E-state index in [0.29, 0.717) is 24.3 Å². The van der Waals surface area contributed by atoms with Crippen LogP contribution in [0.2, 0.25) is 0 Å². The number of benzene rings is 1. The van der Waals surface area contributed by atoms with Crippen molar-refractivity contribution in [3.8, 4) is 11.5 Å². The first-order valence-electron chi connectivity index (χ1n) is 7.26. The molecule has 0 aliphatic heterocycles. The summed E-state index contributed by atoms with van der Waals surface area (Å²) < 4.78 is 6.71. The number of ketones is 1. The SMILES string of the molecule is CC(=O)C(C)(C)Cc1ccc(OCc2ncc(Br)s2)c(C)c1O. The molecule has 0 atom stereocenters. The van der Waals surface area contributed by atoms with E-state index in [9.17, 15) is 9.90 Å². The molecule has 1 N–H and O–H groups in total. The number of thiazole rings is 1. The summed E-state index contributed by atoms with van der Waals surface area (Å²) in [4.78, 5) is 15.9. The number of nitrogens with zero attached hydrogens (tertiary/aromatic N) is 1. The lowest BCUT2D eigenvalue weighted by molar-refractivity contribution is -0.124. The van der Waals surface area contributed by atoms with E-state index in [1.807, 2.05) is 32.9 Å². The number of carbonyl (C=O) groups excluding carboxylic acids is 1. The standard InChI is InChI=1S/C17H20BrNO3S/c1-10-13(22-9-15-19-8-14(18)23-15)6-5-12(16(10)21)7-17(3,4)11(2)20/h5-6,8,21H,7,9H2,1-4H3. The second-order valence-corrected chi connectivity index (χ2v) is 8.65. The third kappa shape index (κ3) is 4.32. The van der Waals surface area contributed by atoms with Gasteiger partial charge < -0.3 is 9.84 Å². The highest BCUT2D eigenvalue weighted by atomic mass is 79.9. The van der Waals surface area contributed by atoms with Gasteiger partial charge in [-0.05, 0) is 47.8 Å². The van der Waals surface area contributed by atoms with Gasteiger partial charge in [-0.3, -0.25) is 4.79 Å². The Morgan fingerprint density at radius 3 is 2.70 bits per heavy atom. The number of ether oxygens (including phenoxy) is 1. The minimum Gasteiger partial charge on any atom is -0.507 e. The summed E-state index contributed by atoms with van der Waals surface area (Å²) in [6.07, 6.45) is 2.23. The molecule has 2 rings (SSSR count). The Bertz CT molecular complexity index is 725. The summed E-state index contributed by atoms with van der Waals surface area (Å²) >= 11 is 4.88. The van der Waals surface area contributed by atoms with Crippen molar-refractivity contribution in [1.29, 1.82) is 0 Å². The van der Waals surface area contributed by atoms with Gasteiger partial charge in [-0.15, -0.1) is 11.3 Å². The van der Waals surface area contributed by atoms with Crippen LogP contribution >= 0.6 is 27.3 Å². The molecule has 23 heavy (non-hydrogen) atoms. The van der Waals surface area contributed by atoms with Crippen LogP contribution < -0.4 is 4.74 Å². The van der Waals surface area contributed by atoms with Gasteiger partial charge in [0.2, 0.25) is 0 Å². The van der Waals surface area contributed by atoms with E-state index in [-0.39, 0.29) is 11.5 Å². The van der Waals surface area contributed by atoms with Crippen LogP contribution in [0.3, 0.4) is 0 Å². The number of hydrogen-bond donors (Lipinski definition) is 1. The molecule has 1 aromatic carbocycles. The van der Waals surface area contributed by atoms with E-state index in [1.54, 1.807) is 13.1 Å². The minimum absolute atomic E-state index is 0.101. The van der Waals surface area contributed by atoms with Crippen LogP contribution in [0.5, 0.6) is 11.5 Å². The number of Topliss-reactive ketones (excluding diaryl/α,β-unsaturated/α-hetero) is 1. The first-order valence-corrected chi connectivity index (χ1v) is 8.87. The summed E-state index contributed by atoms with van der Waals surface area (Å²) in [5.74, 6) is 0.916. The van der Waals surface area contributed by atoms with Crippen LogP contribution in [0.15, 0.2) is 22.1 Å². The second-order valence-electron chi connectivity index (χ2n) is 6.16. The van der Waals surface area contributed by atoms with Gasteiger partial charge in [0.05, 0.1) is 9.98 Å². The van der Waals surface area contributed by atoms with E-state index >= 15 is 0 Å². The van der Waals surface area contributed by atoms with Crippen LogP contribution in [0.1, 0.15) is 36.9 Å². The van der Waals surface area contributed by atoms with Gasteiger partial charge in [-0.1, -0.05) is 19.9 Å². The molecule has 0 spiro atoms. The summed E-state index contributed by atoms with van der Waals surface area (Å²) in [6.45, 7) is 7.51. The maximum Gasteiger partial charge on any atom is 0.140 e. The number of halogens is 1. The van der Waals surface area contributed by atoms with E-state index in [0.717, 1.165) is 14.4 Å². The molecule has 1 aromatic heterocycles. The Labute approximate surface area is 148 Å². The fraction of sp³-hybridized carbons (Fsp3) is 0.412. The largest absolute Gasteiger partial charge is 0.507 e. The first-order chi connectivity index (χ1) is 10.7. The third-order valence-corrected chi connectivity index (χ3v) is 5.38. The summed E-state index contributed by atoms with van der Waals surface area (Å²) in [5.41, 5.74) is 0.934. The number of phenolic OH excluding ortho intramolecular Hbond substituents is 1. The quantitative estimate of drug-likeness (QED) is 0.769. The van der Waals surface area contributed by atoms with Gasteiger partial charge in [0.1, 0.15) is 28.9 Å². The van der Waals surface area contributed by atoms with Crippen LogP contribution in [-0.4, -0.2) is 15.9 Å². The Balaban J connectivity index is 2.15. The van der Waals surface area contributed by atoms with Crippen LogP contribution in [0, 0.1) is 12.3 Å². The van der Waals surface area contributed by atoms with E-state index in [4.69, 9.17) is 4.74 Å². The number of hydrogen-bond acceptors (Lipinski definition) is 5. The lowest BCUT2D eigenvalue weighted by atomic mass is 9.82. The van der Waals surface area contributed by atoms with Crippen molar-refractivity contribution >= 4 is 33.0 Å². The van der Waals surface area contributed by atoms with Crippen molar-refractivity contribution in [2.75, 3.05) is 0 Å². The molecule has 0 aliphatic carbocycles. The lowest BCUT2D eigenvalue weighted by Gasteiger charge is -2.22. The molecule has 1 heterocycles. The van der Waals surface area contributed by atoms with Gasteiger partial charge in [0.25, 0.3) is 0 Å². The number of aromatic nitrogens is 1. The first kappa shape index (κ1) is 17.9. The highest BCUT2D eigenvalue weighted by Gasteiger charge is 2.26. The molecule has 6 heteroatoms. The predicted octanol–water partition coefficient (Wildman–Crippen LogP) is 4.66. The van der Waals surface area contributed by atoms with Crippen LogP contribution in [0.4, 0.5) is 0 Å². The molecular weight excluding hydrogens is 378 g/mol. The molecule has 124 valence electrons. The number of carbonyl (C=O) groups is 1. The predicted molar refractivity (Wildman–Crippen MR) is 95.2 cm³/mol. The Morgan fingerprint density at radius 1 is 1.43 bits per heavy atom. The monoisotopic (exact) mass is 397 g/mol. The number of aromatic hydroxyl groups is 1. The number of phenols is 1. The molecule has 0 radical (unpaired) electrons. The van der Waals surface area contributed by atoms with Gasteiger partial charge in [0.15, 0.2) is 0 Å². The van der Waals surface area contributed by atoms with E-state index in [2.05, 4.69) is 20.9 Å². The molecule has 4 nitrogen and oxygen atoms in total. The molecule has 0 unspecified atom stereocenters. The normalized spacial score (nSPS) is 11.5.